The van der Waals surface area contributed by atoms with Gasteiger partial charge in [-0.05, 0) is 41.8 Å². The monoisotopic (exact) mass is 394 g/mol. The van der Waals surface area contributed by atoms with Gasteiger partial charge in [-0.3, -0.25) is 4.79 Å². The van der Waals surface area contributed by atoms with Gasteiger partial charge in [-0.2, -0.15) is 0 Å². The van der Waals surface area contributed by atoms with Crippen molar-refractivity contribution in [2.45, 2.75) is 0 Å². The number of aromatic carboxylic acids is 1. The molecule has 0 atom stereocenters. The Bertz CT molecular complexity index is 1040. The highest BCUT2D eigenvalue weighted by atomic mass is 32.1. The topological polar surface area (TPSA) is 72.8 Å². The van der Waals surface area contributed by atoms with Crippen LogP contribution in [-0.2, 0) is 0 Å². The zero-order valence-corrected chi connectivity index (χ0v) is 16.2. The van der Waals surface area contributed by atoms with E-state index in [1.807, 2.05) is 23.6 Å². The van der Waals surface area contributed by atoms with Gasteiger partial charge in [-0.25, -0.2) is 4.79 Å². The summed E-state index contributed by atoms with van der Waals surface area (Å²) in [6.45, 7) is 0. The van der Waals surface area contributed by atoms with Crippen LogP contribution in [0.15, 0.2) is 60.0 Å². The van der Waals surface area contributed by atoms with E-state index in [-0.39, 0.29) is 11.3 Å². The molecule has 0 unspecified atom stereocenters. The Kier molecular flexibility index (Phi) is 5.91. The van der Waals surface area contributed by atoms with Crippen molar-refractivity contribution >= 4 is 29.2 Å². The van der Waals surface area contributed by atoms with Crippen molar-refractivity contribution in [2.75, 3.05) is 14.2 Å². The number of methoxy groups -OCH3 is 2. The highest BCUT2D eigenvalue weighted by Gasteiger charge is 2.13. The van der Waals surface area contributed by atoms with Crippen molar-refractivity contribution in [2.24, 2.45) is 0 Å². The van der Waals surface area contributed by atoms with E-state index in [1.165, 1.54) is 18.2 Å². The predicted octanol–water partition coefficient (Wildman–Crippen LogP) is 5.03. The molecule has 0 bridgehead atoms. The molecule has 5 nitrogen and oxygen atoms in total. The first-order valence-corrected chi connectivity index (χ1v) is 9.27. The van der Waals surface area contributed by atoms with E-state index in [9.17, 15) is 9.59 Å². The lowest BCUT2D eigenvalue weighted by molar-refractivity contribution is 0.0697. The molecule has 1 N–H and O–H groups in total. The van der Waals surface area contributed by atoms with Gasteiger partial charge in [0.25, 0.3) is 0 Å². The quantitative estimate of drug-likeness (QED) is 0.450. The molecule has 0 radical (unpaired) electrons. The lowest BCUT2D eigenvalue weighted by Crippen LogP contribution is -2.00. The van der Waals surface area contributed by atoms with Crippen LogP contribution in [0.4, 0.5) is 0 Å². The number of benzene rings is 2. The second-order valence-corrected chi connectivity index (χ2v) is 6.80. The van der Waals surface area contributed by atoms with Crippen LogP contribution in [0.5, 0.6) is 11.5 Å². The Hall–Kier alpha value is -3.38. The minimum Gasteiger partial charge on any atom is -0.496 e. The molecule has 0 amide bonds. The SMILES string of the molecule is COc1cc(OC)c(-c2cccs2)cc1C=CC(=O)c1cccc(C(=O)O)c1. The van der Waals surface area contributed by atoms with Crippen LogP contribution in [0.25, 0.3) is 16.5 Å². The highest BCUT2D eigenvalue weighted by molar-refractivity contribution is 7.13. The van der Waals surface area contributed by atoms with Crippen molar-refractivity contribution in [3.63, 3.8) is 0 Å². The third-order valence-corrected chi connectivity index (χ3v) is 5.05. The summed E-state index contributed by atoms with van der Waals surface area (Å²) in [6.07, 6.45) is 3.06. The molecule has 0 aliphatic heterocycles. The highest BCUT2D eigenvalue weighted by Crippen LogP contribution is 2.38. The second kappa shape index (κ2) is 8.54. The summed E-state index contributed by atoms with van der Waals surface area (Å²) in [5.74, 6) is -0.118. The summed E-state index contributed by atoms with van der Waals surface area (Å²) in [5, 5.41) is 11.1. The first kappa shape index (κ1) is 19.4. The molecule has 28 heavy (non-hydrogen) atoms. The number of carboxylic acids is 1. The minimum absolute atomic E-state index is 0.0706. The van der Waals surface area contributed by atoms with Crippen molar-refractivity contribution in [3.8, 4) is 21.9 Å². The van der Waals surface area contributed by atoms with Gasteiger partial charge in [0.05, 0.1) is 19.8 Å². The number of carboxylic acid groups (broad SMARTS) is 1. The van der Waals surface area contributed by atoms with Crippen LogP contribution < -0.4 is 9.47 Å². The number of ether oxygens (including phenoxy) is 2. The molecule has 0 aliphatic rings. The van der Waals surface area contributed by atoms with Crippen molar-refractivity contribution < 1.29 is 24.2 Å². The van der Waals surface area contributed by atoms with Crippen LogP contribution in [0, 0.1) is 0 Å². The lowest BCUT2D eigenvalue weighted by Gasteiger charge is -2.12. The largest absolute Gasteiger partial charge is 0.496 e. The number of rotatable bonds is 7. The molecule has 3 rings (SSSR count). The lowest BCUT2D eigenvalue weighted by atomic mass is 10.0. The summed E-state index contributed by atoms with van der Waals surface area (Å²) < 4.78 is 10.9. The average molecular weight is 394 g/mol. The van der Waals surface area contributed by atoms with Gasteiger partial charge in [0, 0.05) is 27.6 Å². The van der Waals surface area contributed by atoms with Gasteiger partial charge in [0.15, 0.2) is 5.78 Å². The number of thiophene rings is 1. The van der Waals surface area contributed by atoms with E-state index in [4.69, 9.17) is 14.6 Å². The van der Waals surface area contributed by atoms with Crippen LogP contribution >= 0.6 is 11.3 Å². The Morgan fingerprint density at radius 3 is 2.36 bits per heavy atom. The summed E-state index contributed by atoms with van der Waals surface area (Å²) >= 11 is 1.59. The molecule has 0 spiro atoms. The number of carbonyl (C=O) groups is 2. The molecule has 0 aliphatic carbocycles. The van der Waals surface area contributed by atoms with Crippen molar-refractivity contribution in [3.05, 3.63) is 76.7 Å². The molecule has 0 fully saturated rings. The van der Waals surface area contributed by atoms with Crippen LogP contribution in [0.3, 0.4) is 0 Å². The molecular formula is C22H18O5S. The fourth-order valence-electron chi connectivity index (χ4n) is 2.75. The smallest absolute Gasteiger partial charge is 0.335 e. The van der Waals surface area contributed by atoms with Gasteiger partial charge in [-0.15, -0.1) is 11.3 Å². The van der Waals surface area contributed by atoms with Gasteiger partial charge < -0.3 is 14.6 Å². The summed E-state index contributed by atoms with van der Waals surface area (Å²) in [5.41, 5.74) is 2.00. The maximum Gasteiger partial charge on any atom is 0.335 e. The van der Waals surface area contributed by atoms with E-state index >= 15 is 0 Å². The molecular weight excluding hydrogens is 376 g/mol. The first-order chi connectivity index (χ1) is 13.5. The van der Waals surface area contributed by atoms with Gasteiger partial charge in [-0.1, -0.05) is 18.2 Å². The number of hydrogen-bond acceptors (Lipinski definition) is 5. The maximum absolute atomic E-state index is 12.5. The molecule has 3 aromatic rings. The Morgan fingerprint density at radius 2 is 1.71 bits per heavy atom. The molecule has 142 valence electrons. The number of hydrogen-bond donors (Lipinski definition) is 1. The van der Waals surface area contributed by atoms with E-state index in [1.54, 1.807) is 49.8 Å². The van der Waals surface area contributed by atoms with Crippen LogP contribution in [-0.4, -0.2) is 31.1 Å². The Morgan fingerprint density at radius 1 is 0.964 bits per heavy atom. The zero-order chi connectivity index (χ0) is 20.1. The molecule has 0 saturated heterocycles. The fourth-order valence-corrected chi connectivity index (χ4v) is 3.49. The van der Waals surface area contributed by atoms with Crippen molar-refractivity contribution in [1.29, 1.82) is 0 Å². The molecule has 1 aromatic heterocycles. The minimum atomic E-state index is -1.07. The Balaban J connectivity index is 1.96. The van der Waals surface area contributed by atoms with E-state index in [2.05, 4.69) is 0 Å². The zero-order valence-electron chi connectivity index (χ0n) is 15.3. The third-order valence-electron chi connectivity index (χ3n) is 4.15. The van der Waals surface area contributed by atoms with Gasteiger partial charge in [0.2, 0.25) is 0 Å². The van der Waals surface area contributed by atoms with E-state index in [0.717, 1.165) is 16.0 Å². The standard InChI is InChI=1S/C22H18O5S/c1-26-19-13-20(27-2)17(21-7-4-10-28-21)12-15(19)8-9-18(23)14-5-3-6-16(11-14)22(24)25/h3-13H,1-2H3,(H,24,25). The molecule has 2 aromatic carbocycles. The molecule has 6 heteroatoms. The van der Waals surface area contributed by atoms with Crippen LogP contribution in [0.1, 0.15) is 26.3 Å². The normalized spacial score (nSPS) is 10.8. The molecule has 0 saturated carbocycles. The second-order valence-electron chi connectivity index (χ2n) is 5.86. The average Bonchev–Trinajstić information content (AvgIpc) is 3.26. The predicted molar refractivity (Wildman–Crippen MR) is 110 cm³/mol. The maximum atomic E-state index is 12.5. The number of allylic oxidation sites excluding steroid dienone is 1. The first-order valence-electron chi connectivity index (χ1n) is 8.39. The fraction of sp³-hybridized carbons (Fsp3) is 0.0909. The summed E-state index contributed by atoms with van der Waals surface area (Å²) in [6, 6.07) is 13.6. The van der Waals surface area contributed by atoms with Crippen molar-refractivity contribution in [1.82, 2.24) is 0 Å². The third kappa shape index (κ3) is 4.13. The van der Waals surface area contributed by atoms with Gasteiger partial charge in [0.1, 0.15) is 11.5 Å². The Labute approximate surface area is 166 Å². The molecule has 1 heterocycles. The van der Waals surface area contributed by atoms with Gasteiger partial charge >= 0.3 is 5.97 Å². The van der Waals surface area contributed by atoms with E-state index < -0.39 is 5.97 Å². The summed E-state index contributed by atoms with van der Waals surface area (Å²) in [4.78, 5) is 24.6. The summed E-state index contributed by atoms with van der Waals surface area (Å²) in [7, 11) is 3.15. The van der Waals surface area contributed by atoms with Crippen LogP contribution in [0.2, 0.25) is 0 Å². The van der Waals surface area contributed by atoms with E-state index in [0.29, 0.717) is 17.1 Å². The number of ketones is 1. The number of carbonyl (C=O) groups excluding carboxylic acids is 1.